The fourth-order valence-corrected chi connectivity index (χ4v) is 3.24. The molecule has 0 aliphatic carbocycles. The van der Waals surface area contributed by atoms with Gasteiger partial charge in [0.05, 0.1) is 34.8 Å². The van der Waals surface area contributed by atoms with E-state index in [9.17, 15) is 9.59 Å². The summed E-state index contributed by atoms with van der Waals surface area (Å²) >= 11 is 12.3. The quantitative estimate of drug-likeness (QED) is 0.566. The molecule has 0 saturated heterocycles. The van der Waals surface area contributed by atoms with Crippen LogP contribution >= 0.6 is 23.2 Å². The van der Waals surface area contributed by atoms with Crippen molar-refractivity contribution in [3.05, 3.63) is 80.7 Å². The van der Waals surface area contributed by atoms with Crippen LogP contribution in [0, 0.1) is 0 Å². The van der Waals surface area contributed by atoms with Gasteiger partial charge in [0.25, 0.3) is 5.91 Å². The zero-order valence-electron chi connectivity index (χ0n) is 14.7. The van der Waals surface area contributed by atoms with Gasteiger partial charge in [-0.15, -0.1) is 0 Å². The van der Waals surface area contributed by atoms with Gasteiger partial charge in [-0.25, -0.2) is 4.79 Å². The number of pyridine rings is 1. The molecule has 5 nitrogen and oxygen atoms in total. The molecule has 2 aromatic rings. The Morgan fingerprint density at radius 3 is 2.70 bits per heavy atom. The number of aromatic nitrogens is 1. The van der Waals surface area contributed by atoms with E-state index in [1.165, 1.54) is 12.0 Å². The molecule has 2 heterocycles. The monoisotopic (exact) mass is 402 g/mol. The van der Waals surface area contributed by atoms with Gasteiger partial charge < -0.3 is 9.64 Å². The molecule has 7 heteroatoms. The molecule has 27 heavy (non-hydrogen) atoms. The maximum absolute atomic E-state index is 13.1. The number of amides is 1. The molecule has 138 valence electrons. The van der Waals surface area contributed by atoms with Crippen LogP contribution < -0.4 is 0 Å². The first-order chi connectivity index (χ1) is 12.9. The molecule has 0 N–H and O–H groups in total. The van der Waals surface area contributed by atoms with E-state index in [1.54, 1.807) is 49.7 Å². The van der Waals surface area contributed by atoms with Crippen molar-refractivity contribution in [2.24, 2.45) is 0 Å². The maximum Gasteiger partial charge on any atom is 0.340 e. The predicted octanol–water partition coefficient (Wildman–Crippen LogP) is 4.26. The molecular formula is C20H16Cl2N2O3. The number of carbonyl (C=O) groups excluding carboxylic acids is 2. The SMILES string of the molecule is COC(=O)C1=C(C)N(Cc2cccnc2)C(=O)C1=Cc1cccc(Cl)c1Cl. The molecule has 1 aliphatic rings. The molecule has 0 radical (unpaired) electrons. The van der Waals surface area contributed by atoms with E-state index < -0.39 is 5.97 Å². The summed E-state index contributed by atoms with van der Waals surface area (Å²) in [6.45, 7) is 2.00. The predicted molar refractivity (Wildman–Crippen MR) is 104 cm³/mol. The summed E-state index contributed by atoms with van der Waals surface area (Å²) in [6, 6.07) is 8.75. The molecule has 1 aromatic carbocycles. The molecule has 1 aliphatic heterocycles. The Balaban J connectivity index is 2.07. The van der Waals surface area contributed by atoms with Gasteiger partial charge in [0.15, 0.2) is 0 Å². The van der Waals surface area contributed by atoms with E-state index in [0.717, 1.165) is 5.56 Å². The lowest BCUT2D eigenvalue weighted by Gasteiger charge is -2.17. The summed E-state index contributed by atoms with van der Waals surface area (Å²) in [7, 11) is 1.28. The van der Waals surface area contributed by atoms with Crippen molar-refractivity contribution >= 4 is 41.2 Å². The van der Waals surface area contributed by atoms with Gasteiger partial charge in [0.1, 0.15) is 0 Å². The summed E-state index contributed by atoms with van der Waals surface area (Å²) in [4.78, 5) is 31.0. The van der Waals surface area contributed by atoms with Crippen LogP contribution in [0.3, 0.4) is 0 Å². The minimum absolute atomic E-state index is 0.211. The zero-order chi connectivity index (χ0) is 19.6. The number of nitrogens with zero attached hydrogens (tertiary/aromatic N) is 2. The lowest BCUT2D eigenvalue weighted by atomic mass is 10.0. The van der Waals surface area contributed by atoms with E-state index >= 15 is 0 Å². The number of benzene rings is 1. The van der Waals surface area contributed by atoms with Gasteiger partial charge in [-0.1, -0.05) is 41.4 Å². The van der Waals surface area contributed by atoms with E-state index in [1.807, 2.05) is 6.07 Å². The number of hydrogen-bond donors (Lipinski definition) is 0. The highest BCUT2D eigenvalue weighted by Crippen LogP contribution is 2.35. The van der Waals surface area contributed by atoms with Crippen LogP contribution in [0.1, 0.15) is 18.1 Å². The lowest BCUT2D eigenvalue weighted by Crippen LogP contribution is -2.24. The van der Waals surface area contributed by atoms with E-state index in [4.69, 9.17) is 27.9 Å². The summed E-state index contributed by atoms with van der Waals surface area (Å²) in [5.74, 6) is -0.897. The van der Waals surface area contributed by atoms with Gasteiger partial charge in [-0.05, 0) is 36.3 Å². The molecule has 3 rings (SSSR count). The maximum atomic E-state index is 13.1. The highest BCUT2D eigenvalue weighted by molar-refractivity contribution is 6.43. The average molecular weight is 403 g/mol. The highest BCUT2D eigenvalue weighted by Gasteiger charge is 2.37. The number of halogens is 2. The zero-order valence-corrected chi connectivity index (χ0v) is 16.2. The van der Waals surface area contributed by atoms with Crippen LogP contribution in [0.25, 0.3) is 6.08 Å². The third-order valence-corrected chi connectivity index (χ3v) is 5.08. The minimum atomic E-state index is -0.584. The van der Waals surface area contributed by atoms with Crippen molar-refractivity contribution in [2.75, 3.05) is 7.11 Å². The van der Waals surface area contributed by atoms with Crippen molar-refractivity contribution < 1.29 is 14.3 Å². The normalized spacial score (nSPS) is 15.6. The van der Waals surface area contributed by atoms with Gasteiger partial charge in [-0.2, -0.15) is 0 Å². The summed E-state index contributed by atoms with van der Waals surface area (Å²) < 4.78 is 4.89. The second kappa shape index (κ2) is 7.94. The van der Waals surface area contributed by atoms with Crippen LogP contribution in [-0.2, 0) is 20.9 Å². The Bertz CT molecular complexity index is 968. The smallest absolute Gasteiger partial charge is 0.340 e. The molecule has 0 saturated carbocycles. The Labute approximate surface area is 166 Å². The first kappa shape index (κ1) is 19.1. The van der Waals surface area contributed by atoms with Crippen LogP contribution in [0.4, 0.5) is 0 Å². The molecule has 0 atom stereocenters. The summed E-state index contributed by atoms with van der Waals surface area (Å²) in [6.07, 6.45) is 4.90. The Hall–Kier alpha value is -2.63. The number of hydrogen-bond acceptors (Lipinski definition) is 4. The third-order valence-electron chi connectivity index (χ3n) is 4.25. The van der Waals surface area contributed by atoms with Gasteiger partial charge in [0, 0.05) is 18.1 Å². The number of ether oxygens (including phenoxy) is 1. The molecule has 0 fully saturated rings. The number of methoxy groups -OCH3 is 1. The van der Waals surface area contributed by atoms with Crippen molar-refractivity contribution in [2.45, 2.75) is 13.5 Å². The number of allylic oxidation sites excluding steroid dienone is 1. The summed E-state index contributed by atoms with van der Waals surface area (Å²) in [5, 5.41) is 0.677. The van der Waals surface area contributed by atoms with Crippen molar-refractivity contribution in [1.82, 2.24) is 9.88 Å². The molecule has 1 amide bonds. The van der Waals surface area contributed by atoms with Crippen LogP contribution in [0.5, 0.6) is 0 Å². The average Bonchev–Trinajstić information content (AvgIpc) is 2.90. The van der Waals surface area contributed by atoms with Crippen LogP contribution in [0.2, 0.25) is 10.0 Å². The fraction of sp³-hybridized carbons (Fsp3) is 0.150. The van der Waals surface area contributed by atoms with Crippen molar-refractivity contribution in [3.63, 3.8) is 0 Å². The molecule has 0 unspecified atom stereocenters. The summed E-state index contributed by atoms with van der Waals surface area (Å²) in [5.41, 5.74) is 2.33. The van der Waals surface area contributed by atoms with Gasteiger partial charge in [-0.3, -0.25) is 9.78 Å². The number of esters is 1. The van der Waals surface area contributed by atoms with Gasteiger partial charge in [0.2, 0.25) is 0 Å². The van der Waals surface area contributed by atoms with Crippen molar-refractivity contribution in [1.29, 1.82) is 0 Å². The van der Waals surface area contributed by atoms with Crippen LogP contribution in [0.15, 0.2) is 59.6 Å². The molecular weight excluding hydrogens is 387 g/mol. The standard InChI is InChI=1S/C20H16Cl2N2O3/c1-12-17(20(26)27-2)15(9-14-6-3-7-16(21)18(14)22)19(25)24(12)11-13-5-4-8-23-10-13/h3-10H,11H2,1-2H3. The van der Waals surface area contributed by atoms with Crippen LogP contribution in [-0.4, -0.2) is 28.9 Å². The number of carbonyl (C=O) groups is 2. The lowest BCUT2D eigenvalue weighted by molar-refractivity contribution is -0.136. The van der Waals surface area contributed by atoms with Gasteiger partial charge >= 0.3 is 5.97 Å². The Morgan fingerprint density at radius 1 is 1.26 bits per heavy atom. The third kappa shape index (κ3) is 3.75. The van der Waals surface area contributed by atoms with E-state index in [0.29, 0.717) is 27.9 Å². The van der Waals surface area contributed by atoms with Crippen molar-refractivity contribution in [3.8, 4) is 0 Å². The largest absolute Gasteiger partial charge is 0.465 e. The molecule has 1 aromatic heterocycles. The number of rotatable bonds is 4. The fourth-order valence-electron chi connectivity index (χ4n) is 2.88. The first-order valence-corrected chi connectivity index (χ1v) is 8.85. The second-order valence-corrected chi connectivity index (χ2v) is 6.69. The Kier molecular flexibility index (Phi) is 5.63. The molecule has 0 spiro atoms. The highest BCUT2D eigenvalue weighted by atomic mass is 35.5. The second-order valence-electron chi connectivity index (χ2n) is 5.91. The topological polar surface area (TPSA) is 59.5 Å². The Morgan fingerprint density at radius 2 is 2.04 bits per heavy atom. The van der Waals surface area contributed by atoms with E-state index in [-0.39, 0.29) is 17.1 Å². The molecule has 0 bridgehead atoms. The first-order valence-electron chi connectivity index (χ1n) is 8.10. The van der Waals surface area contributed by atoms with E-state index in [2.05, 4.69) is 4.98 Å². The minimum Gasteiger partial charge on any atom is -0.465 e.